The van der Waals surface area contributed by atoms with Gasteiger partial charge in [-0.3, -0.25) is 4.79 Å². The van der Waals surface area contributed by atoms with Gasteiger partial charge in [0.05, 0.1) is 11.3 Å². The molecule has 0 bridgehead atoms. The summed E-state index contributed by atoms with van der Waals surface area (Å²) in [6.45, 7) is 1.36. The summed E-state index contributed by atoms with van der Waals surface area (Å²) in [5, 5.41) is 5.05. The lowest BCUT2D eigenvalue weighted by atomic mass is 10.1. The first kappa shape index (κ1) is 21.8. The van der Waals surface area contributed by atoms with Gasteiger partial charge in [-0.2, -0.15) is 0 Å². The molecule has 32 heavy (non-hydrogen) atoms. The number of amides is 1. The summed E-state index contributed by atoms with van der Waals surface area (Å²) in [5.74, 6) is 1.15. The van der Waals surface area contributed by atoms with Crippen molar-refractivity contribution >= 4 is 34.4 Å². The molecule has 0 atom stereocenters. The fourth-order valence-electron chi connectivity index (χ4n) is 3.41. The van der Waals surface area contributed by atoms with Gasteiger partial charge >= 0.3 is 0 Å². The Balaban J connectivity index is 1.41. The summed E-state index contributed by atoms with van der Waals surface area (Å²) in [6.07, 6.45) is 0.907. The second kappa shape index (κ2) is 10.8. The summed E-state index contributed by atoms with van der Waals surface area (Å²) in [4.78, 5) is 23.7. The van der Waals surface area contributed by atoms with E-state index in [-0.39, 0.29) is 5.91 Å². The predicted molar refractivity (Wildman–Crippen MR) is 132 cm³/mol. The normalized spacial score (nSPS) is 10.8. The van der Waals surface area contributed by atoms with Crippen LogP contribution in [0.1, 0.15) is 11.1 Å². The second-order valence-corrected chi connectivity index (χ2v) is 8.50. The zero-order valence-corrected chi connectivity index (χ0v) is 18.9. The first-order valence-electron chi connectivity index (χ1n) is 10.6. The molecular formula is C26H26N4OS. The molecule has 162 valence electrons. The minimum atomic E-state index is 0.0502. The molecule has 3 aromatic carbocycles. The fraction of sp³-hybridized carbons (Fsp3) is 0.192. The minimum absolute atomic E-state index is 0.0502. The smallest absolute Gasteiger partial charge is 0.233 e. The molecule has 0 unspecified atom stereocenters. The number of thioether (sulfide) groups is 1. The number of carbonyl (C=O) groups is 1. The number of carbonyl (C=O) groups excluding carboxylic acids is 1. The molecule has 4 rings (SSSR count). The molecule has 0 saturated carbocycles. The number of rotatable bonds is 9. The van der Waals surface area contributed by atoms with E-state index in [9.17, 15) is 4.79 Å². The van der Waals surface area contributed by atoms with Crippen molar-refractivity contribution in [1.29, 1.82) is 0 Å². The zero-order valence-electron chi connectivity index (χ0n) is 18.1. The molecule has 0 aliphatic heterocycles. The Kier molecular flexibility index (Phi) is 7.35. The Morgan fingerprint density at radius 1 is 0.875 bits per heavy atom. The van der Waals surface area contributed by atoms with Crippen LogP contribution in [-0.2, 0) is 17.8 Å². The standard InChI is InChI=1S/C26H26N4OS/c1-30(18-21-12-6-3-7-13-21)24(31)19-32-26-28-23-15-9-8-14-22(23)25(29-26)27-17-16-20-10-4-2-5-11-20/h2-15H,16-19H2,1H3,(H,27,28,29). The molecule has 1 heterocycles. The molecule has 6 heteroatoms. The topological polar surface area (TPSA) is 58.1 Å². The van der Waals surface area contributed by atoms with Crippen molar-refractivity contribution in [3.05, 3.63) is 96.1 Å². The summed E-state index contributed by atoms with van der Waals surface area (Å²) in [5.41, 5.74) is 3.26. The number of fused-ring (bicyclic) bond motifs is 1. The van der Waals surface area contributed by atoms with Gasteiger partial charge in [0, 0.05) is 25.5 Å². The van der Waals surface area contributed by atoms with Crippen LogP contribution in [0.15, 0.2) is 90.1 Å². The monoisotopic (exact) mass is 442 g/mol. The zero-order chi connectivity index (χ0) is 22.2. The number of hydrogen-bond donors (Lipinski definition) is 1. The molecule has 0 spiro atoms. The minimum Gasteiger partial charge on any atom is -0.369 e. The van der Waals surface area contributed by atoms with Crippen LogP contribution in [-0.4, -0.2) is 40.1 Å². The highest BCUT2D eigenvalue weighted by Gasteiger charge is 2.13. The van der Waals surface area contributed by atoms with E-state index >= 15 is 0 Å². The average Bonchev–Trinajstić information content (AvgIpc) is 2.83. The predicted octanol–water partition coefficient (Wildman–Crippen LogP) is 5.04. The van der Waals surface area contributed by atoms with Crippen LogP contribution < -0.4 is 5.32 Å². The van der Waals surface area contributed by atoms with E-state index in [0.717, 1.165) is 35.2 Å². The van der Waals surface area contributed by atoms with E-state index in [2.05, 4.69) is 34.6 Å². The van der Waals surface area contributed by atoms with Gasteiger partial charge < -0.3 is 10.2 Å². The molecule has 4 aromatic rings. The van der Waals surface area contributed by atoms with E-state index in [1.807, 2.05) is 67.7 Å². The summed E-state index contributed by atoms with van der Waals surface area (Å²) < 4.78 is 0. The van der Waals surface area contributed by atoms with Crippen molar-refractivity contribution < 1.29 is 4.79 Å². The molecule has 0 aliphatic rings. The number of aromatic nitrogens is 2. The van der Waals surface area contributed by atoms with Crippen LogP contribution >= 0.6 is 11.8 Å². The lowest BCUT2D eigenvalue weighted by Gasteiger charge is -2.17. The van der Waals surface area contributed by atoms with E-state index in [0.29, 0.717) is 17.5 Å². The van der Waals surface area contributed by atoms with E-state index in [1.54, 1.807) is 4.90 Å². The van der Waals surface area contributed by atoms with Crippen LogP contribution in [0.4, 0.5) is 5.82 Å². The van der Waals surface area contributed by atoms with Gasteiger partial charge in [0.1, 0.15) is 5.82 Å². The van der Waals surface area contributed by atoms with E-state index < -0.39 is 0 Å². The van der Waals surface area contributed by atoms with Crippen molar-refractivity contribution in [3.8, 4) is 0 Å². The summed E-state index contributed by atoms with van der Waals surface area (Å²) in [7, 11) is 1.83. The molecule has 0 aliphatic carbocycles. The third kappa shape index (κ3) is 5.86. The lowest BCUT2D eigenvalue weighted by Crippen LogP contribution is -2.27. The Hall–Kier alpha value is -3.38. The van der Waals surface area contributed by atoms with Gasteiger partial charge in [-0.05, 0) is 29.7 Å². The number of benzene rings is 3. The Morgan fingerprint density at radius 3 is 2.28 bits per heavy atom. The molecule has 1 amide bonds. The number of hydrogen-bond acceptors (Lipinski definition) is 5. The maximum absolute atomic E-state index is 12.6. The Morgan fingerprint density at radius 2 is 1.53 bits per heavy atom. The number of anilines is 1. The van der Waals surface area contributed by atoms with Gasteiger partial charge in [0.25, 0.3) is 0 Å². The second-order valence-electron chi connectivity index (χ2n) is 7.56. The quantitative estimate of drug-likeness (QED) is 0.291. The third-order valence-electron chi connectivity index (χ3n) is 5.14. The summed E-state index contributed by atoms with van der Waals surface area (Å²) >= 11 is 1.37. The van der Waals surface area contributed by atoms with E-state index in [1.165, 1.54) is 17.3 Å². The van der Waals surface area contributed by atoms with Gasteiger partial charge in [-0.25, -0.2) is 9.97 Å². The van der Waals surface area contributed by atoms with E-state index in [4.69, 9.17) is 4.98 Å². The molecule has 1 N–H and O–H groups in total. The van der Waals surface area contributed by atoms with Crippen molar-refractivity contribution in [2.75, 3.05) is 24.7 Å². The number of nitrogens with one attached hydrogen (secondary N) is 1. The SMILES string of the molecule is CN(Cc1ccccc1)C(=O)CSc1nc(NCCc2ccccc2)c2ccccc2n1. The molecular weight excluding hydrogens is 416 g/mol. The van der Waals surface area contributed by atoms with Gasteiger partial charge in [0.2, 0.25) is 5.91 Å². The first-order chi connectivity index (χ1) is 15.7. The highest BCUT2D eigenvalue weighted by Crippen LogP contribution is 2.24. The van der Waals surface area contributed by atoms with Crippen molar-refractivity contribution in [3.63, 3.8) is 0 Å². The largest absolute Gasteiger partial charge is 0.369 e. The molecule has 0 fully saturated rings. The maximum atomic E-state index is 12.6. The summed E-state index contributed by atoms with van der Waals surface area (Å²) in [6, 6.07) is 28.3. The third-order valence-corrected chi connectivity index (χ3v) is 5.98. The molecule has 5 nitrogen and oxygen atoms in total. The van der Waals surface area contributed by atoms with Crippen molar-refractivity contribution in [2.24, 2.45) is 0 Å². The fourth-order valence-corrected chi connectivity index (χ4v) is 4.20. The Bertz CT molecular complexity index is 1170. The molecule has 0 saturated heterocycles. The van der Waals surface area contributed by atoms with Crippen LogP contribution in [0.5, 0.6) is 0 Å². The number of nitrogens with zero attached hydrogens (tertiary/aromatic N) is 3. The molecule has 1 aromatic heterocycles. The van der Waals surface area contributed by atoms with Gasteiger partial charge in [-0.15, -0.1) is 0 Å². The first-order valence-corrected chi connectivity index (χ1v) is 11.6. The highest BCUT2D eigenvalue weighted by molar-refractivity contribution is 7.99. The van der Waals surface area contributed by atoms with Gasteiger partial charge in [0.15, 0.2) is 5.16 Å². The lowest BCUT2D eigenvalue weighted by molar-refractivity contribution is -0.127. The highest BCUT2D eigenvalue weighted by atomic mass is 32.2. The van der Waals surface area contributed by atoms with Gasteiger partial charge in [-0.1, -0.05) is 84.6 Å². The number of para-hydroxylation sites is 1. The van der Waals surface area contributed by atoms with Crippen LogP contribution in [0.3, 0.4) is 0 Å². The van der Waals surface area contributed by atoms with Crippen LogP contribution in [0.25, 0.3) is 10.9 Å². The average molecular weight is 443 g/mol. The van der Waals surface area contributed by atoms with Crippen molar-refractivity contribution in [2.45, 2.75) is 18.1 Å². The van der Waals surface area contributed by atoms with Crippen LogP contribution in [0, 0.1) is 0 Å². The maximum Gasteiger partial charge on any atom is 0.233 e. The van der Waals surface area contributed by atoms with Crippen molar-refractivity contribution in [1.82, 2.24) is 14.9 Å². The van der Waals surface area contributed by atoms with Crippen LogP contribution in [0.2, 0.25) is 0 Å². The molecule has 0 radical (unpaired) electrons. The Labute approximate surface area is 192 Å².